The molecule has 1 aliphatic rings. The molecule has 0 bridgehead atoms. The Morgan fingerprint density at radius 1 is 1.25 bits per heavy atom. The summed E-state index contributed by atoms with van der Waals surface area (Å²) >= 11 is 0. The highest BCUT2D eigenvalue weighted by Crippen LogP contribution is 2.30. The Balaban J connectivity index is 1.89. The van der Waals surface area contributed by atoms with Gasteiger partial charge in [0.1, 0.15) is 5.75 Å². The Kier molecular flexibility index (Phi) is 5.21. The molecule has 0 radical (unpaired) electrons. The van der Waals surface area contributed by atoms with Crippen LogP contribution in [-0.4, -0.2) is 43.5 Å². The number of hydrogen-bond donors (Lipinski definition) is 1. The van der Waals surface area contributed by atoms with Crippen LogP contribution in [0, 0.1) is 5.41 Å². The lowest BCUT2D eigenvalue weighted by Crippen LogP contribution is -2.41. The van der Waals surface area contributed by atoms with Crippen molar-refractivity contribution in [2.75, 3.05) is 26.7 Å². The molecule has 1 atom stereocenters. The van der Waals surface area contributed by atoms with Gasteiger partial charge in [0.2, 0.25) is 5.91 Å². The monoisotopic (exact) mass is 332 g/mol. The summed E-state index contributed by atoms with van der Waals surface area (Å²) in [4.78, 5) is 25.9. The molecule has 0 spiro atoms. The van der Waals surface area contributed by atoms with Crippen molar-refractivity contribution in [3.05, 3.63) is 29.8 Å². The van der Waals surface area contributed by atoms with Gasteiger partial charge in [-0.2, -0.15) is 0 Å². The van der Waals surface area contributed by atoms with Crippen LogP contribution in [0.2, 0.25) is 0 Å². The smallest absolute Gasteiger partial charge is 0.260 e. The molecule has 132 valence electrons. The molecule has 0 aromatic heterocycles. The second kappa shape index (κ2) is 6.83. The van der Waals surface area contributed by atoms with Gasteiger partial charge in [0.05, 0.1) is 5.41 Å². The van der Waals surface area contributed by atoms with Crippen molar-refractivity contribution in [3.8, 4) is 5.75 Å². The molecule has 24 heavy (non-hydrogen) atoms. The predicted octanol–water partition coefficient (Wildman–Crippen LogP) is 2.35. The summed E-state index contributed by atoms with van der Waals surface area (Å²) < 4.78 is 5.61. The zero-order valence-corrected chi connectivity index (χ0v) is 15.3. The van der Waals surface area contributed by atoms with Gasteiger partial charge in [0.15, 0.2) is 6.61 Å². The van der Waals surface area contributed by atoms with E-state index >= 15 is 0 Å². The van der Waals surface area contributed by atoms with Crippen LogP contribution in [0.5, 0.6) is 5.75 Å². The number of nitrogens with zero attached hydrogens (tertiary/aromatic N) is 1. The van der Waals surface area contributed by atoms with Crippen molar-refractivity contribution in [2.45, 2.75) is 39.5 Å². The maximum Gasteiger partial charge on any atom is 0.260 e. The van der Waals surface area contributed by atoms with Crippen molar-refractivity contribution in [3.63, 3.8) is 0 Å². The molecule has 1 saturated heterocycles. The lowest BCUT2D eigenvalue weighted by Gasteiger charge is -2.23. The Morgan fingerprint density at radius 2 is 1.88 bits per heavy atom. The van der Waals surface area contributed by atoms with Crippen LogP contribution < -0.4 is 10.1 Å². The van der Waals surface area contributed by atoms with Crippen molar-refractivity contribution < 1.29 is 14.3 Å². The van der Waals surface area contributed by atoms with E-state index in [0.717, 1.165) is 0 Å². The largest absolute Gasteiger partial charge is 0.484 e. The quantitative estimate of drug-likeness (QED) is 0.921. The fourth-order valence-electron chi connectivity index (χ4n) is 2.95. The van der Waals surface area contributed by atoms with E-state index < -0.39 is 5.41 Å². The third-order valence-electron chi connectivity index (χ3n) is 4.68. The van der Waals surface area contributed by atoms with Crippen LogP contribution in [-0.2, 0) is 15.0 Å². The average molecular weight is 332 g/mol. The SMILES string of the molecule is CNC(=O)C1(C)CCN(C(=O)COc2ccc(C(C)(C)C)cc2)C1. The van der Waals surface area contributed by atoms with Gasteiger partial charge in [-0.05, 0) is 36.5 Å². The van der Waals surface area contributed by atoms with E-state index in [-0.39, 0.29) is 23.8 Å². The molecule has 1 N–H and O–H groups in total. The van der Waals surface area contributed by atoms with Gasteiger partial charge in [0.25, 0.3) is 5.91 Å². The lowest BCUT2D eigenvalue weighted by atomic mass is 9.87. The number of ether oxygens (including phenoxy) is 1. The Hall–Kier alpha value is -2.04. The Bertz CT molecular complexity index is 604. The molecule has 5 nitrogen and oxygen atoms in total. The first-order valence-corrected chi connectivity index (χ1v) is 8.39. The highest BCUT2D eigenvalue weighted by atomic mass is 16.5. The maximum atomic E-state index is 12.3. The maximum absolute atomic E-state index is 12.3. The predicted molar refractivity (Wildman–Crippen MR) is 94.0 cm³/mol. The van der Waals surface area contributed by atoms with Crippen LogP contribution >= 0.6 is 0 Å². The zero-order valence-electron chi connectivity index (χ0n) is 15.3. The molecule has 1 fully saturated rings. The molecule has 1 unspecified atom stereocenters. The third-order valence-corrected chi connectivity index (χ3v) is 4.68. The van der Waals surface area contributed by atoms with Gasteiger partial charge in [-0.25, -0.2) is 0 Å². The van der Waals surface area contributed by atoms with Crippen molar-refractivity contribution in [1.82, 2.24) is 10.2 Å². The molecule has 1 aliphatic heterocycles. The molecule has 0 aliphatic carbocycles. The fraction of sp³-hybridized carbons (Fsp3) is 0.579. The highest BCUT2D eigenvalue weighted by Gasteiger charge is 2.41. The first kappa shape index (κ1) is 18.3. The molecule has 5 heteroatoms. The number of benzene rings is 1. The highest BCUT2D eigenvalue weighted by molar-refractivity contribution is 5.85. The minimum atomic E-state index is -0.501. The van der Waals surface area contributed by atoms with Gasteiger partial charge in [-0.1, -0.05) is 32.9 Å². The van der Waals surface area contributed by atoms with Crippen molar-refractivity contribution in [1.29, 1.82) is 0 Å². The van der Waals surface area contributed by atoms with E-state index in [1.54, 1.807) is 11.9 Å². The lowest BCUT2D eigenvalue weighted by molar-refractivity contribution is -0.134. The van der Waals surface area contributed by atoms with Gasteiger partial charge in [0, 0.05) is 20.1 Å². The molecular weight excluding hydrogens is 304 g/mol. The van der Waals surface area contributed by atoms with Gasteiger partial charge in [-0.15, -0.1) is 0 Å². The van der Waals surface area contributed by atoms with Gasteiger partial charge >= 0.3 is 0 Å². The summed E-state index contributed by atoms with van der Waals surface area (Å²) in [6, 6.07) is 7.84. The van der Waals surface area contributed by atoms with Crippen LogP contribution in [0.3, 0.4) is 0 Å². The second-order valence-electron chi connectivity index (χ2n) is 7.77. The minimum Gasteiger partial charge on any atom is -0.484 e. The zero-order chi connectivity index (χ0) is 18.0. The Labute approximate surface area is 144 Å². The number of carbonyl (C=O) groups is 2. The molecule has 1 aromatic carbocycles. The first-order valence-electron chi connectivity index (χ1n) is 8.39. The second-order valence-corrected chi connectivity index (χ2v) is 7.77. The summed E-state index contributed by atoms with van der Waals surface area (Å²) in [7, 11) is 1.63. The normalized spacial score (nSPS) is 20.8. The van der Waals surface area contributed by atoms with E-state index in [1.165, 1.54) is 5.56 Å². The van der Waals surface area contributed by atoms with Crippen LogP contribution in [0.4, 0.5) is 0 Å². The Morgan fingerprint density at radius 3 is 2.42 bits per heavy atom. The van der Waals surface area contributed by atoms with Crippen LogP contribution in [0.25, 0.3) is 0 Å². The average Bonchev–Trinajstić information content (AvgIpc) is 2.95. The van der Waals surface area contributed by atoms with E-state index in [4.69, 9.17) is 4.74 Å². The molecular formula is C19H28N2O3. The van der Waals surface area contributed by atoms with Crippen molar-refractivity contribution in [2.24, 2.45) is 5.41 Å². The standard InChI is InChI=1S/C19H28N2O3/c1-18(2,3)14-6-8-15(9-7-14)24-12-16(22)21-11-10-19(4,13-21)17(23)20-5/h6-9H,10-13H2,1-5H3,(H,20,23). The number of nitrogens with one attached hydrogen (secondary N) is 1. The van der Waals surface area contributed by atoms with Gasteiger partial charge < -0.3 is 15.0 Å². The van der Waals surface area contributed by atoms with E-state index in [1.807, 2.05) is 31.2 Å². The summed E-state index contributed by atoms with van der Waals surface area (Å²) in [5, 5.41) is 2.67. The first-order chi connectivity index (χ1) is 11.2. The molecule has 2 amide bonds. The number of carbonyl (C=O) groups excluding carboxylic acids is 2. The van der Waals surface area contributed by atoms with E-state index in [0.29, 0.717) is 25.3 Å². The molecule has 2 rings (SSSR count). The van der Waals surface area contributed by atoms with E-state index in [9.17, 15) is 9.59 Å². The topological polar surface area (TPSA) is 58.6 Å². The van der Waals surface area contributed by atoms with Crippen LogP contribution in [0.1, 0.15) is 39.7 Å². The molecule has 1 heterocycles. The minimum absolute atomic E-state index is 0.00130. The molecule has 0 saturated carbocycles. The van der Waals surface area contributed by atoms with Gasteiger partial charge in [-0.3, -0.25) is 9.59 Å². The van der Waals surface area contributed by atoms with E-state index in [2.05, 4.69) is 26.1 Å². The summed E-state index contributed by atoms with van der Waals surface area (Å²) in [6.45, 7) is 9.40. The molecule has 1 aromatic rings. The van der Waals surface area contributed by atoms with Crippen LogP contribution in [0.15, 0.2) is 24.3 Å². The number of rotatable bonds is 4. The number of amides is 2. The number of hydrogen-bond acceptors (Lipinski definition) is 3. The third kappa shape index (κ3) is 4.08. The summed E-state index contributed by atoms with van der Waals surface area (Å²) in [5.41, 5.74) is 0.814. The van der Waals surface area contributed by atoms with Crippen molar-refractivity contribution >= 4 is 11.8 Å². The summed E-state index contributed by atoms with van der Waals surface area (Å²) in [5.74, 6) is 0.587. The summed E-state index contributed by atoms with van der Waals surface area (Å²) in [6.07, 6.45) is 0.679. The number of likely N-dealkylation sites (tertiary alicyclic amines) is 1. The fourth-order valence-corrected chi connectivity index (χ4v) is 2.95.